The second kappa shape index (κ2) is 8.47. The molecule has 0 spiro atoms. The van der Waals surface area contributed by atoms with Gasteiger partial charge in [0.2, 0.25) is 5.91 Å². The number of benzene rings is 1. The number of likely N-dealkylation sites (tertiary alicyclic amines) is 1. The van der Waals surface area contributed by atoms with Gasteiger partial charge in [0.25, 0.3) is 0 Å². The van der Waals surface area contributed by atoms with Gasteiger partial charge in [0.15, 0.2) is 0 Å². The van der Waals surface area contributed by atoms with Crippen LogP contribution < -0.4 is 0 Å². The molecule has 0 aliphatic carbocycles. The molecule has 158 valence electrons. The number of para-hydroxylation sites is 1. The van der Waals surface area contributed by atoms with Crippen molar-refractivity contribution >= 4 is 22.9 Å². The maximum atomic E-state index is 13.0. The zero-order valence-electron chi connectivity index (χ0n) is 18.2. The molecule has 1 unspecified atom stereocenters. The average Bonchev–Trinajstić information content (AvgIpc) is 2.96. The molecule has 1 aliphatic heterocycles. The van der Waals surface area contributed by atoms with E-state index >= 15 is 0 Å². The van der Waals surface area contributed by atoms with Crippen LogP contribution >= 0.6 is 0 Å². The first-order chi connectivity index (χ1) is 13.6. The average molecular weight is 400 g/mol. The van der Waals surface area contributed by atoms with Gasteiger partial charge in [-0.3, -0.25) is 4.79 Å². The van der Waals surface area contributed by atoms with Crippen molar-refractivity contribution in [2.24, 2.45) is 5.92 Å². The molecule has 0 saturated carbocycles. The second-order valence-electron chi connectivity index (χ2n) is 9.16. The lowest BCUT2D eigenvalue weighted by Gasteiger charge is -2.35. The summed E-state index contributed by atoms with van der Waals surface area (Å²) in [5, 5.41) is 1.12. The zero-order valence-corrected chi connectivity index (χ0v) is 18.2. The topological polar surface area (TPSA) is 65.6 Å². The number of aromatic amines is 1. The molecule has 29 heavy (non-hydrogen) atoms. The van der Waals surface area contributed by atoms with E-state index < -0.39 is 5.60 Å². The molecule has 2 heterocycles. The fourth-order valence-electron chi connectivity index (χ4n) is 4.07. The minimum atomic E-state index is -0.503. The molecule has 1 aliphatic rings. The van der Waals surface area contributed by atoms with Gasteiger partial charge in [0.05, 0.1) is 6.42 Å². The fraction of sp³-hybridized carbons (Fsp3) is 0.565. The monoisotopic (exact) mass is 399 g/mol. The molecular weight excluding hydrogens is 366 g/mol. The number of piperidine rings is 1. The van der Waals surface area contributed by atoms with Gasteiger partial charge < -0.3 is 19.5 Å². The van der Waals surface area contributed by atoms with Crippen molar-refractivity contribution in [3.63, 3.8) is 0 Å². The number of ether oxygens (including phenoxy) is 1. The summed E-state index contributed by atoms with van der Waals surface area (Å²) in [6.07, 6.45) is 2.08. The molecule has 6 heteroatoms. The number of nitrogens with zero attached hydrogens (tertiary/aromatic N) is 2. The van der Waals surface area contributed by atoms with Gasteiger partial charge in [0.1, 0.15) is 5.60 Å². The predicted molar refractivity (Wildman–Crippen MR) is 115 cm³/mol. The first kappa shape index (κ1) is 21.2. The van der Waals surface area contributed by atoms with E-state index in [0.29, 0.717) is 19.5 Å². The minimum absolute atomic E-state index is 0.155. The maximum Gasteiger partial charge on any atom is 0.410 e. The number of aromatic nitrogens is 1. The molecule has 3 rings (SSSR count). The molecule has 6 nitrogen and oxygen atoms in total. The molecule has 1 saturated heterocycles. The van der Waals surface area contributed by atoms with Crippen LogP contribution in [0.25, 0.3) is 10.9 Å². The Labute approximate surface area is 173 Å². The molecule has 0 bridgehead atoms. The largest absolute Gasteiger partial charge is 0.444 e. The normalized spacial score (nSPS) is 17.4. The SMILES string of the molecule is Cc1[nH]c2ccccc2c1CC(=O)N1CCCC(CN(C)C(=O)OC(C)(C)C)C1. The Kier molecular flexibility index (Phi) is 6.20. The summed E-state index contributed by atoms with van der Waals surface area (Å²) in [6.45, 7) is 9.70. The summed E-state index contributed by atoms with van der Waals surface area (Å²) in [5.41, 5.74) is 2.71. The van der Waals surface area contributed by atoms with E-state index in [4.69, 9.17) is 4.74 Å². The molecule has 1 atom stereocenters. The minimum Gasteiger partial charge on any atom is -0.444 e. The third kappa shape index (κ3) is 5.31. The van der Waals surface area contributed by atoms with Gasteiger partial charge in [-0.2, -0.15) is 0 Å². The van der Waals surface area contributed by atoms with Crippen molar-refractivity contribution in [3.05, 3.63) is 35.5 Å². The van der Waals surface area contributed by atoms with Crippen molar-refractivity contribution in [1.29, 1.82) is 0 Å². The number of rotatable bonds is 4. The molecule has 0 radical (unpaired) electrons. The molecule has 2 amide bonds. The summed E-state index contributed by atoms with van der Waals surface area (Å²) in [7, 11) is 1.77. The molecule has 1 fully saturated rings. The standard InChI is InChI=1S/C23H33N3O3/c1-16-19(18-10-6-7-11-20(18)24-16)13-21(27)26-12-8-9-17(15-26)14-25(5)22(28)29-23(2,3)4/h6-7,10-11,17,24H,8-9,12-15H2,1-5H3. The van der Waals surface area contributed by atoms with E-state index in [1.165, 1.54) is 0 Å². The highest BCUT2D eigenvalue weighted by atomic mass is 16.6. The first-order valence-electron chi connectivity index (χ1n) is 10.4. The van der Waals surface area contributed by atoms with Crippen molar-refractivity contribution in [2.75, 3.05) is 26.7 Å². The number of carbonyl (C=O) groups is 2. The lowest BCUT2D eigenvalue weighted by molar-refractivity contribution is -0.132. The summed E-state index contributed by atoms with van der Waals surface area (Å²) in [4.78, 5) is 32.2. The molecule has 1 aromatic heterocycles. The van der Waals surface area contributed by atoms with Crippen LogP contribution in [0.5, 0.6) is 0 Å². The van der Waals surface area contributed by atoms with E-state index in [1.54, 1.807) is 11.9 Å². The number of carbonyl (C=O) groups excluding carboxylic acids is 2. The smallest absolute Gasteiger partial charge is 0.410 e. The molecule has 2 aromatic rings. The van der Waals surface area contributed by atoms with Crippen molar-refractivity contribution < 1.29 is 14.3 Å². The number of fused-ring (bicyclic) bond motifs is 1. The highest BCUT2D eigenvalue weighted by Gasteiger charge is 2.28. The summed E-state index contributed by atoms with van der Waals surface area (Å²) in [6, 6.07) is 8.11. The summed E-state index contributed by atoms with van der Waals surface area (Å²) >= 11 is 0. The van der Waals surface area contributed by atoms with Crippen molar-refractivity contribution in [2.45, 2.75) is 52.6 Å². The van der Waals surface area contributed by atoms with E-state index in [-0.39, 0.29) is 17.9 Å². The number of nitrogens with one attached hydrogen (secondary N) is 1. The number of hydrogen-bond acceptors (Lipinski definition) is 3. The van der Waals surface area contributed by atoms with Gasteiger partial charge >= 0.3 is 6.09 Å². The number of hydrogen-bond donors (Lipinski definition) is 1. The highest BCUT2D eigenvalue weighted by Crippen LogP contribution is 2.24. The molecule has 1 aromatic carbocycles. The Morgan fingerprint density at radius 1 is 1.28 bits per heavy atom. The van der Waals surface area contributed by atoms with Crippen molar-refractivity contribution in [1.82, 2.24) is 14.8 Å². The van der Waals surface area contributed by atoms with E-state index in [9.17, 15) is 9.59 Å². The Hall–Kier alpha value is -2.50. The Morgan fingerprint density at radius 2 is 2.00 bits per heavy atom. The Balaban J connectivity index is 1.60. The third-order valence-electron chi connectivity index (χ3n) is 5.46. The second-order valence-corrected chi connectivity index (χ2v) is 9.16. The number of amides is 2. The third-order valence-corrected chi connectivity index (χ3v) is 5.46. The van der Waals surface area contributed by atoms with Gasteiger partial charge in [-0.25, -0.2) is 4.79 Å². The summed E-state index contributed by atoms with van der Waals surface area (Å²) < 4.78 is 5.44. The lowest BCUT2D eigenvalue weighted by Crippen LogP contribution is -2.45. The van der Waals surface area contributed by atoms with Gasteiger partial charge in [-0.1, -0.05) is 18.2 Å². The van der Waals surface area contributed by atoms with Gasteiger partial charge in [0, 0.05) is 43.3 Å². The maximum absolute atomic E-state index is 13.0. The van der Waals surface area contributed by atoms with Crippen LogP contribution in [0.1, 0.15) is 44.9 Å². The van der Waals surface area contributed by atoms with Crippen LogP contribution in [0.3, 0.4) is 0 Å². The van der Waals surface area contributed by atoms with Crippen LogP contribution in [0.4, 0.5) is 4.79 Å². The quantitative estimate of drug-likeness (QED) is 0.841. The lowest BCUT2D eigenvalue weighted by atomic mass is 9.96. The number of H-pyrrole nitrogens is 1. The molecular formula is C23H33N3O3. The zero-order chi connectivity index (χ0) is 21.2. The fourth-order valence-corrected chi connectivity index (χ4v) is 4.07. The van der Waals surface area contributed by atoms with E-state index in [0.717, 1.165) is 41.5 Å². The Bertz CT molecular complexity index is 881. The first-order valence-corrected chi connectivity index (χ1v) is 10.4. The van der Waals surface area contributed by atoms with Crippen LogP contribution in [0, 0.1) is 12.8 Å². The number of aryl methyl sites for hydroxylation is 1. The van der Waals surface area contributed by atoms with Crippen LogP contribution in [0.15, 0.2) is 24.3 Å². The Morgan fingerprint density at radius 3 is 2.72 bits per heavy atom. The summed E-state index contributed by atoms with van der Waals surface area (Å²) in [5.74, 6) is 0.428. The van der Waals surface area contributed by atoms with Gasteiger partial charge in [-0.05, 0) is 58.1 Å². The van der Waals surface area contributed by atoms with E-state index in [1.807, 2.05) is 50.8 Å². The van der Waals surface area contributed by atoms with Crippen molar-refractivity contribution in [3.8, 4) is 0 Å². The molecule has 1 N–H and O–H groups in total. The van der Waals surface area contributed by atoms with Crippen LogP contribution in [0.2, 0.25) is 0 Å². The highest BCUT2D eigenvalue weighted by molar-refractivity contribution is 5.90. The van der Waals surface area contributed by atoms with Gasteiger partial charge in [-0.15, -0.1) is 0 Å². The van der Waals surface area contributed by atoms with E-state index in [2.05, 4.69) is 11.1 Å². The van der Waals surface area contributed by atoms with Crippen LogP contribution in [-0.2, 0) is 16.0 Å². The van der Waals surface area contributed by atoms with Crippen LogP contribution in [-0.4, -0.2) is 59.1 Å². The predicted octanol–water partition coefficient (Wildman–Crippen LogP) is 4.12.